The van der Waals surface area contributed by atoms with Gasteiger partial charge in [0.05, 0.1) is 12.7 Å². The quantitative estimate of drug-likeness (QED) is 0.781. The van der Waals surface area contributed by atoms with Crippen LogP contribution in [0.2, 0.25) is 0 Å². The minimum absolute atomic E-state index is 0.245. The van der Waals surface area contributed by atoms with Crippen molar-refractivity contribution < 1.29 is 19.0 Å². The Hall–Kier alpha value is -2.67. The Labute approximate surface area is 169 Å². The average Bonchev–Trinajstić information content (AvgIpc) is 3.33. The second-order valence-electron chi connectivity index (χ2n) is 8.44. The minimum Gasteiger partial charge on any atom is -0.496 e. The lowest BCUT2D eigenvalue weighted by molar-refractivity contribution is 0.0839. The first-order valence-electron chi connectivity index (χ1n) is 9.88. The standard InChI is InChI=1S/C22H26FN3O3/c1-21(28)8-10-26(14-21)17-5-9-24-18(12-17)20(27)25-22(6-7-22)13-15-11-16(23)3-4-19(15)29-2/h3-5,9,11-12,28H,6-8,10,13-14H2,1-2H3,(H,25,27)/t21-/m0/s1. The molecular formula is C22H26FN3O3. The molecule has 7 heteroatoms. The van der Waals surface area contributed by atoms with Crippen LogP contribution >= 0.6 is 0 Å². The van der Waals surface area contributed by atoms with Crippen LogP contribution in [0.1, 0.15) is 42.2 Å². The van der Waals surface area contributed by atoms with Gasteiger partial charge < -0.3 is 20.1 Å². The number of anilines is 1. The normalized spacial score (nSPS) is 22.4. The monoisotopic (exact) mass is 399 g/mol. The van der Waals surface area contributed by atoms with Crippen LogP contribution in [0.25, 0.3) is 0 Å². The number of pyridine rings is 1. The van der Waals surface area contributed by atoms with Gasteiger partial charge in [-0.2, -0.15) is 0 Å². The number of ether oxygens (including phenoxy) is 1. The maximum Gasteiger partial charge on any atom is 0.270 e. The molecule has 6 nitrogen and oxygen atoms in total. The summed E-state index contributed by atoms with van der Waals surface area (Å²) in [6, 6.07) is 8.05. The molecule has 1 saturated carbocycles. The molecule has 29 heavy (non-hydrogen) atoms. The van der Waals surface area contributed by atoms with Crippen LogP contribution < -0.4 is 15.0 Å². The number of halogens is 1. The molecule has 1 aromatic carbocycles. The van der Waals surface area contributed by atoms with E-state index in [0.29, 0.717) is 30.8 Å². The third kappa shape index (κ3) is 4.34. The van der Waals surface area contributed by atoms with Crippen molar-refractivity contribution in [2.45, 2.75) is 43.7 Å². The Bertz CT molecular complexity index is 927. The summed E-state index contributed by atoms with van der Waals surface area (Å²) >= 11 is 0. The van der Waals surface area contributed by atoms with Crippen LogP contribution in [0, 0.1) is 5.82 Å². The van der Waals surface area contributed by atoms with Gasteiger partial charge in [0.1, 0.15) is 17.3 Å². The second kappa shape index (κ2) is 7.30. The third-order valence-corrected chi connectivity index (χ3v) is 5.80. The number of β-amino-alcohol motifs (C(OH)–C–C–N with tert-alkyl or cyclic N) is 1. The van der Waals surface area contributed by atoms with E-state index in [-0.39, 0.29) is 11.7 Å². The molecule has 4 rings (SSSR count). The van der Waals surface area contributed by atoms with Crippen molar-refractivity contribution >= 4 is 11.6 Å². The van der Waals surface area contributed by atoms with E-state index in [9.17, 15) is 14.3 Å². The highest BCUT2D eigenvalue weighted by Crippen LogP contribution is 2.41. The summed E-state index contributed by atoms with van der Waals surface area (Å²) in [6.07, 6.45) is 4.47. The topological polar surface area (TPSA) is 74.7 Å². The van der Waals surface area contributed by atoms with E-state index in [0.717, 1.165) is 30.6 Å². The highest BCUT2D eigenvalue weighted by molar-refractivity contribution is 5.94. The molecule has 1 aromatic heterocycles. The first-order chi connectivity index (χ1) is 13.8. The summed E-state index contributed by atoms with van der Waals surface area (Å²) in [7, 11) is 1.56. The van der Waals surface area contributed by atoms with E-state index >= 15 is 0 Å². The van der Waals surface area contributed by atoms with E-state index in [4.69, 9.17) is 4.74 Å². The van der Waals surface area contributed by atoms with Crippen LogP contribution in [0.15, 0.2) is 36.5 Å². The second-order valence-corrected chi connectivity index (χ2v) is 8.44. The van der Waals surface area contributed by atoms with E-state index in [1.807, 2.05) is 13.0 Å². The first-order valence-corrected chi connectivity index (χ1v) is 9.88. The Morgan fingerprint density at radius 3 is 2.76 bits per heavy atom. The maximum absolute atomic E-state index is 13.7. The molecule has 0 bridgehead atoms. The van der Waals surface area contributed by atoms with Gasteiger partial charge in [0.25, 0.3) is 5.91 Å². The molecule has 154 valence electrons. The number of nitrogens with zero attached hydrogens (tertiary/aromatic N) is 2. The number of benzene rings is 1. The number of nitrogens with one attached hydrogen (secondary N) is 1. The Morgan fingerprint density at radius 2 is 2.10 bits per heavy atom. The van der Waals surface area contributed by atoms with E-state index < -0.39 is 11.1 Å². The summed E-state index contributed by atoms with van der Waals surface area (Å²) in [5.74, 6) is 0.0533. The Morgan fingerprint density at radius 1 is 1.31 bits per heavy atom. The number of aliphatic hydroxyl groups is 1. The van der Waals surface area contributed by atoms with Gasteiger partial charge in [-0.15, -0.1) is 0 Å². The fraction of sp³-hybridized carbons (Fsp3) is 0.455. The Kier molecular flexibility index (Phi) is 4.94. The number of rotatable bonds is 6. The summed E-state index contributed by atoms with van der Waals surface area (Å²) in [4.78, 5) is 19.1. The molecular weight excluding hydrogens is 373 g/mol. The number of carbonyl (C=O) groups is 1. The molecule has 0 spiro atoms. The van der Waals surface area contributed by atoms with Gasteiger partial charge in [0.2, 0.25) is 0 Å². The SMILES string of the molecule is COc1ccc(F)cc1CC1(NC(=O)c2cc(N3CC[C@](C)(O)C3)ccn2)CC1. The first kappa shape index (κ1) is 19.6. The third-order valence-electron chi connectivity index (χ3n) is 5.80. The highest BCUT2D eigenvalue weighted by Gasteiger charge is 2.45. The highest BCUT2D eigenvalue weighted by atomic mass is 19.1. The fourth-order valence-electron chi connectivity index (χ4n) is 3.96. The lowest BCUT2D eigenvalue weighted by atomic mass is 10.0. The zero-order chi connectivity index (χ0) is 20.6. The molecule has 0 unspecified atom stereocenters. The number of carbonyl (C=O) groups excluding carboxylic acids is 1. The largest absolute Gasteiger partial charge is 0.496 e. The van der Waals surface area contributed by atoms with Crippen molar-refractivity contribution in [3.63, 3.8) is 0 Å². The average molecular weight is 399 g/mol. The maximum atomic E-state index is 13.7. The van der Waals surface area contributed by atoms with Crippen LogP contribution in [-0.2, 0) is 6.42 Å². The molecule has 0 radical (unpaired) electrons. The molecule has 1 amide bonds. The van der Waals surface area contributed by atoms with Crippen molar-refractivity contribution in [2.24, 2.45) is 0 Å². The van der Waals surface area contributed by atoms with Crippen LogP contribution in [0.4, 0.5) is 10.1 Å². The van der Waals surface area contributed by atoms with Gasteiger partial charge in [-0.05, 0) is 68.5 Å². The van der Waals surface area contributed by atoms with Crippen molar-refractivity contribution in [1.29, 1.82) is 0 Å². The van der Waals surface area contributed by atoms with Gasteiger partial charge in [0, 0.05) is 30.5 Å². The molecule has 1 aliphatic carbocycles. The van der Waals surface area contributed by atoms with Gasteiger partial charge in [-0.1, -0.05) is 0 Å². The number of amides is 1. The van der Waals surface area contributed by atoms with Crippen molar-refractivity contribution in [1.82, 2.24) is 10.3 Å². The predicted molar refractivity (Wildman–Crippen MR) is 108 cm³/mol. The van der Waals surface area contributed by atoms with Crippen molar-refractivity contribution in [3.8, 4) is 5.75 Å². The van der Waals surface area contributed by atoms with Gasteiger partial charge in [-0.3, -0.25) is 9.78 Å². The number of aromatic nitrogens is 1. The summed E-state index contributed by atoms with van der Waals surface area (Å²) in [5.41, 5.74) is 0.846. The molecule has 2 heterocycles. The molecule has 1 saturated heterocycles. The van der Waals surface area contributed by atoms with Gasteiger partial charge in [0.15, 0.2) is 0 Å². The van der Waals surface area contributed by atoms with Gasteiger partial charge in [-0.25, -0.2) is 4.39 Å². The number of hydrogen-bond donors (Lipinski definition) is 2. The molecule has 1 aliphatic heterocycles. The lowest BCUT2D eigenvalue weighted by Gasteiger charge is -2.22. The number of methoxy groups -OCH3 is 1. The van der Waals surface area contributed by atoms with Crippen LogP contribution in [0.3, 0.4) is 0 Å². The Balaban J connectivity index is 1.47. The molecule has 2 aromatic rings. The van der Waals surface area contributed by atoms with Crippen LogP contribution in [0.5, 0.6) is 5.75 Å². The summed E-state index contributed by atoms with van der Waals surface area (Å²) < 4.78 is 19.0. The van der Waals surface area contributed by atoms with Crippen molar-refractivity contribution in [3.05, 3.63) is 53.6 Å². The van der Waals surface area contributed by atoms with E-state index in [1.165, 1.54) is 12.1 Å². The van der Waals surface area contributed by atoms with Crippen molar-refractivity contribution in [2.75, 3.05) is 25.1 Å². The lowest BCUT2D eigenvalue weighted by Crippen LogP contribution is -2.39. The zero-order valence-corrected chi connectivity index (χ0v) is 16.7. The molecule has 2 fully saturated rings. The summed E-state index contributed by atoms with van der Waals surface area (Å²) in [6.45, 7) is 3.09. The van der Waals surface area contributed by atoms with E-state index in [2.05, 4.69) is 15.2 Å². The van der Waals surface area contributed by atoms with E-state index in [1.54, 1.807) is 25.4 Å². The molecule has 1 atom stereocenters. The minimum atomic E-state index is -0.715. The summed E-state index contributed by atoms with van der Waals surface area (Å²) in [5, 5.41) is 13.3. The zero-order valence-electron chi connectivity index (χ0n) is 16.7. The predicted octanol–water partition coefficient (Wildman–Crippen LogP) is 2.70. The smallest absolute Gasteiger partial charge is 0.270 e. The molecule has 2 N–H and O–H groups in total. The number of hydrogen-bond acceptors (Lipinski definition) is 5. The van der Waals surface area contributed by atoms with Gasteiger partial charge >= 0.3 is 0 Å². The van der Waals surface area contributed by atoms with Crippen LogP contribution in [-0.4, -0.2) is 47.3 Å². The molecule has 2 aliphatic rings. The fourth-order valence-corrected chi connectivity index (χ4v) is 3.96.